The smallest absolute Gasteiger partial charge is 0.411 e. The lowest BCUT2D eigenvalue weighted by atomic mass is 9.99. The number of carbonyl (C=O) groups excluding carboxylic acids is 2. The zero-order valence-electron chi connectivity index (χ0n) is 23.6. The number of aryl methyl sites for hydroxylation is 1. The lowest BCUT2D eigenvalue weighted by Crippen LogP contribution is -2.39. The van der Waals surface area contributed by atoms with Gasteiger partial charge >= 0.3 is 12.1 Å². The average molecular weight is 579 g/mol. The third-order valence-corrected chi connectivity index (χ3v) is 6.75. The van der Waals surface area contributed by atoms with Crippen molar-refractivity contribution in [1.29, 1.82) is 0 Å². The van der Waals surface area contributed by atoms with Gasteiger partial charge < -0.3 is 20.4 Å². The van der Waals surface area contributed by atoms with Crippen LogP contribution in [0.2, 0.25) is 0 Å². The normalized spacial score (nSPS) is 11.4. The molecule has 0 unspecified atom stereocenters. The molecule has 218 valence electrons. The molecule has 12 heteroatoms. The van der Waals surface area contributed by atoms with Gasteiger partial charge in [-0.2, -0.15) is 0 Å². The molecule has 5 rings (SSSR count). The van der Waals surface area contributed by atoms with Gasteiger partial charge in [0.1, 0.15) is 6.33 Å². The maximum Gasteiger partial charge on any atom is 0.411 e. The number of anilines is 1. The molecule has 0 radical (unpaired) electrons. The van der Waals surface area contributed by atoms with Crippen molar-refractivity contribution >= 4 is 17.8 Å². The van der Waals surface area contributed by atoms with E-state index in [4.69, 9.17) is 0 Å². The molecule has 12 nitrogen and oxygen atoms in total. The lowest BCUT2D eigenvalue weighted by molar-refractivity contribution is 0.187. The van der Waals surface area contributed by atoms with E-state index >= 15 is 0 Å². The molecule has 0 aliphatic heterocycles. The van der Waals surface area contributed by atoms with E-state index in [2.05, 4.69) is 41.2 Å². The number of methoxy groups -OCH3 is 1. The Balaban J connectivity index is 1.38. The Labute approximate surface area is 247 Å². The molecular weight excluding hydrogens is 548 g/mol. The van der Waals surface area contributed by atoms with E-state index in [-0.39, 0.29) is 12.1 Å². The molecule has 2 aromatic heterocycles. The molecule has 3 amide bonds. The van der Waals surface area contributed by atoms with Gasteiger partial charge in [0.2, 0.25) is 5.56 Å². The van der Waals surface area contributed by atoms with Crippen molar-refractivity contribution < 1.29 is 14.3 Å². The minimum absolute atomic E-state index is 0.225. The number of nitrogens with one attached hydrogen (secondary N) is 4. The van der Waals surface area contributed by atoms with Crippen LogP contribution in [0.3, 0.4) is 0 Å². The van der Waals surface area contributed by atoms with Gasteiger partial charge in [0.15, 0.2) is 0 Å². The monoisotopic (exact) mass is 578 g/mol. The van der Waals surface area contributed by atoms with E-state index in [1.165, 1.54) is 19.5 Å². The molecule has 0 spiro atoms. The number of hydrogen-bond acceptors (Lipinski definition) is 7. The first-order chi connectivity index (χ1) is 20.9. The fourth-order valence-electron chi connectivity index (χ4n) is 4.66. The van der Waals surface area contributed by atoms with Crippen molar-refractivity contribution in [3.63, 3.8) is 0 Å². The fourth-order valence-corrected chi connectivity index (χ4v) is 4.66. The zero-order chi connectivity index (χ0) is 30.2. The van der Waals surface area contributed by atoms with Crippen molar-refractivity contribution in [2.24, 2.45) is 0 Å². The minimum atomic E-state index is -0.576. The molecule has 1 atom stereocenters. The van der Waals surface area contributed by atoms with Gasteiger partial charge in [0.25, 0.3) is 0 Å². The number of carbonyl (C=O) groups is 2. The van der Waals surface area contributed by atoms with Crippen molar-refractivity contribution in [2.45, 2.75) is 25.9 Å². The number of amides is 3. The molecule has 0 fully saturated rings. The van der Waals surface area contributed by atoms with Crippen LogP contribution >= 0.6 is 0 Å². The summed E-state index contributed by atoms with van der Waals surface area (Å²) in [7, 11) is 1.29. The average Bonchev–Trinajstić information content (AvgIpc) is 3.55. The zero-order valence-corrected chi connectivity index (χ0v) is 23.6. The Morgan fingerprint density at radius 3 is 2.49 bits per heavy atom. The summed E-state index contributed by atoms with van der Waals surface area (Å²) in [6.45, 7) is 2.19. The SMILES string of the molecule is COC(=O)Nc1ccc(-c2cc([C@H](Cc3ccccc3)NC(=O)NCc3cc(C)ccc3-n3cnnn3)[nH]c(=O)c2)cc1. The third kappa shape index (κ3) is 7.50. The number of benzene rings is 3. The first-order valence-electron chi connectivity index (χ1n) is 13.5. The second-order valence-corrected chi connectivity index (χ2v) is 9.84. The van der Waals surface area contributed by atoms with E-state index in [0.29, 0.717) is 23.4 Å². The molecule has 0 aliphatic rings. The number of rotatable bonds is 9. The molecule has 0 saturated carbocycles. The summed E-state index contributed by atoms with van der Waals surface area (Å²) in [6, 6.07) is 24.9. The van der Waals surface area contributed by atoms with Crippen LogP contribution in [0.15, 0.2) is 96.1 Å². The van der Waals surface area contributed by atoms with Gasteiger partial charge in [0, 0.05) is 24.0 Å². The largest absolute Gasteiger partial charge is 0.453 e. The Bertz CT molecular complexity index is 1750. The van der Waals surface area contributed by atoms with E-state index < -0.39 is 18.2 Å². The van der Waals surface area contributed by atoms with E-state index in [1.54, 1.807) is 28.9 Å². The molecule has 0 aliphatic carbocycles. The lowest BCUT2D eigenvalue weighted by Gasteiger charge is -2.21. The highest BCUT2D eigenvalue weighted by atomic mass is 16.5. The number of tetrazole rings is 1. The molecule has 5 aromatic rings. The van der Waals surface area contributed by atoms with Crippen LogP contribution in [-0.2, 0) is 17.7 Å². The Morgan fingerprint density at radius 1 is 0.977 bits per heavy atom. The predicted octanol–water partition coefficient (Wildman–Crippen LogP) is 4.29. The van der Waals surface area contributed by atoms with E-state index in [0.717, 1.165) is 27.9 Å². The Hall–Kier alpha value is -5.78. The van der Waals surface area contributed by atoms with Gasteiger partial charge in [0.05, 0.1) is 18.8 Å². The first-order valence-corrected chi connectivity index (χ1v) is 13.5. The minimum Gasteiger partial charge on any atom is -0.453 e. The molecular formula is C31H30N8O4. The molecule has 2 heterocycles. The van der Waals surface area contributed by atoms with Gasteiger partial charge in [-0.3, -0.25) is 10.1 Å². The van der Waals surface area contributed by atoms with Gasteiger partial charge in [-0.25, -0.2) is 14.3 Å². The van der Waals surface area contributed by atoms with Crippen LogP contribution in [0.25, 0.3) is 16.8 Å². The number of ether oxygens (including phenoxy) is 1. The van der Waals surface area contributed by atoms with Crippen LogP contribution in [0, 0.1) is 6.92 Å². The standard InChI is InChI=1S/C31H30N8O4/c1-20-8-13-28(39-19-33-37-38-39)24(14-20)18-32-30(41)36-26(15-21-6-4-3-5-7-21)27-16-23(17-29(40)35-27)22-9-11-25(12-10-22)34-31(42)43-2/h3-14,16-17,19,26H,15,18H2,1-2H3,(H,34,42)(H,35,40)(H2,32,36,41)/t26-/m0/s1. The number of pyridine rings is 1. The Kier molecular flexibility index (Phi) is 8.86. The number of aromatic nitrogens is 5. The number of urea groups is 1. The topological polar surface area (TPSA) is 156 Å². The van der Waals surface area contributed by atoms with Crippen molar-refractivity contribution in [3.05, 3.63) is 124 Å². The summed E-state index contributed by atoms with van der Waals surface area (Å²) in [4.78, 5) is 40.5. The number of H-pyrrole nitrogens is 1. The molecule has 0 bridgehead atoms. The maximum absolute atomic E-state index is 13.3. The van der Waals surface area contributed by atoms with E-state index in [1.807, 2.05) is 61.5 Å². The highest BCUT2D eigenvalue weighted by Gasteiger charge is 2.18. The third-order valence-electron chi connectivity index (χ3n) is 6.75. The quantitative estimate of drug-likeness (QED) is 0.203. The summed E-state index contributed by atoms with van der Waals surface area (Å²) >= 11 is 0. The van der Waals surface area contributed by atoms with Crippen LogP contribution in [0.4, 0.5) is 15.3 Å². The van der Waals surface area contributed by atoms with Crippen molar-refractivity contribution in [2.75, 3.05) is 12.4 Å². The van der Waals surface area contributed by atoms with Crippen molar-refractivity contribution in [1.82, 2.24) is 35.8 Å². The second kappa shape index (κ2) is 13.3. The summed E-state index contributed by atoms with van der Waals surface area (Å²) in [5, 5.41) is 20.0. The molecule has 3 aromatic carbocycles. The summed E-state index contributed by atoms with van der Waals surface area (Å²) < 4.78 is 6.18. The number of aromatic amines is 1. The van der Waals surface area contributed by atoms with Crippen LogP contribution < -0.4 is 21.5 Å². The summed E-state index contributed by atoms with van der Waals surface area (Å²) in [6.07, 6.45) is 1.36. The summed E-state index contributed by atoms with van der Waals surface area (Å²) in [5.74, 6) is 0. The van der Waals surface area contributed by atoms with Crippen molar-refractivity contribution in [3.8, 4) is 16.8 Å². The molecule has 0 saturated heterocycles. The van der Waals surface area contributed by atoms with Gasteiger partial charge in [-0.15, -0.1) is 5.10 Å². The maximum atomic E-state index is 13.3. The first kappa shape index (κ1) is 28.7. The number of hydrogen-bond donors (Lipinski definition) is 4. The van der Waals surface area contributed by atoms with Gasteiger partial charge in [-0.05, 0) is 70.3 Å². The fraction of sp³-hybridized carbons (Fsp3) is 0.161. The van der Waals surface area contributed by atoms with Gasteiger partial charge in [-0.1, -0.05) is 60.2 Å². The summed E-state index contributed by atoms with van der Waals surface area (Å²) in [5.41, 5.74) is 5.81. The van der Waals surface area contributed by atoms with Crippen LogP contribution in [-0.4, -0.2) is 44.4 Å². The van der Waals surface area contributed by atoms with Crippen LogP contribution in [0.1, 0.15) is 28.4 Å². The molecule has 43 heavy (non-hydrogen) atoms. The van der Waals surface area contributed by atoms with E-state index in [9.17, 15) is 14.4 Å². The number of nitrogens with zero attached hydrogens (tertiary/aromatic N) is 4. The predicted molar refractivity (Wildman–Crippen MR) is 161 cm³/mol. The van der Waals surface area contributed by atoms with Crippen LogP contribution in [0.5, 0.6) is 0 Å². The highest BCUT2D eigenvalue weighted by Crippen LogP contribution is 2.24. The Morgan fingerprint density at radius 2 is 1.77 bits per heavy atom. The molecule has 4 N–H and O–H groups in total. The highest BCUT2D eigenvalue weighted by molar-refractivity contribution is 5.85. The second-order valence-electron chi connectivity index (χ2n) is 9.84.